The van der Waals surface area contributed by atoms with Gasteiger partial charge in [-0.3, -0.25) is 32.9 Å². The first-order chi connectivity index (χ1) is 30.2. The fourth-order valence-electron chi connectivity index (χ4n) is 6.05. The molecule has 0 aromatic rings. The van der Waals surface area contributed by atoms with Crippen molar-refractivity contribution in [1.29, 1.82) is 0 Å². The molecule has 25 nitrogen and oxygen atoms in total. The van der Waals surface area contributed by atoms with Gasteiger partial charge in [0.05, 0.1) is 19.4 Å². The molecule has 0 spiro atoms. The number of phosphoric ester groups is 2. The molecular weight excluding hydrogens is 938 g/mol. The number of amides is 3. The number of nitrogens with zero attached hydrogens (tertiary/aromatic N) is 1. The molecule has 0 bridgehead atoms. The first-order valence-corrected chi connectivity index (χ1v) is 24.2. The van der Waals surface area contributed by atoms with Crippen molar-refractivity contribution >= 4 is 39.2 Å². The molecule has 3 rings (SSSR count). The summed E-state index contributed by atoms with van der Waals surface area (Å²) >= 11 is 0. The van der Waals surface area contributed by atoms with Crippen LogP contribution < -0.4 is 101 Å². The number of unbranched alkanes of at least 4 members (excludes halogenated alkanes) is 3. The van der Waals surface area contributed by atoms with Crippen LogP contribution in [0.2, 0.25) is 0 Å². The Morgan fingerprint density at radius 1 is 0.788 bits per heavy atom. The summed E-state index contributed by atoms with van der Waals surface area (Å²) in [6.45, 7) is 4.48. The van der Waals surface area contributed by atoms with E-state index in [2.05, 4.69) is 39.9 Å². The Balaban J connectivity index is 0. The molecule has 0 saturated carbocycles. The zero-order valence-electron chi connectivity index (χ0n) is 39.2. The van der Waals surface area contributed by atoms with E-state index < -0.39 is 102 Å². The summed E-state index contributed by atoms with van der Waals surface area (Å²) in [5, 5.41) is 64.2. The predicted molar refractivity (Wildman–Crippen MR) is 225 cm³/mol. The van der Waals surface area contributed by atoms with Gasteiger partial charge in [-0.05, 0) is 85.4 Å². The van der Waals surface area contributed by atoms with E-state index in [0.717, 1.165) is 56.5 Å². The molecule has 9 unspecified atom stereocenters. The first-order valence-electron chi connectivity index (χ1n) is 21.3. The summed E-state index contributed by atoms with van der Waals surface area (Å²) in [5.41, 5.74) is 5.54. The average Bonchev–Trinajstić information content (AvgIpc) is 3.53. The van der Waals surface area contributed by atoms with Crippen molar-refractivity contribution in [3.63, 3.8) is 0 Å². The zero-order chi connectivity index (χ0) is 48.5. The summed E-state index contributed by atoms with van der Waals surface area (Å²) in [6, 6.07) is -2.55. The standard InChI is InChI=1S/C21H39N5O16P2.2C8H17NO.2Na/c1-23-6-3-2-4-13(28)25-14-17(31)15(29)10(8-27)40-20(14)41-44(36,37)42-43(34,35)38-9-11-16(30)18(32)19(39-11)26-7-5-12(22)24-21(26)33;2*1-3-8(10)6-4-5-7-9-2;;/h5,7,10-12,14-20,23,27,29-32H,2-4,6,8-9,22H2,1H3,(H,24,33)(H,25,28)(H,34,35)(H,36,37);2*9H,3-7H2,1-2H3;;/q;;;2*+1/p-2/t10?,11?,12?,14?,15-,16?,17+,18?,19?,20+;;;;/m0..../s1. The molecule has 12 atom stereocenters. The topological polar surface area (TPSA) is 385 Å². The van der Waals surface area contributed by atoms with Gasteiger partial charge in [0.15, 0.2) is 12.5 Å². The third-order valence-corrected chi connectivity index (χ3v) is 12.3. The number of carbonyl (C=O) groups is 4. The minimum atomic E-state index is -5.96. The molecule has 0 radical (unpaired) electrons. The molecule has 0 aromatic heterocycles. The Hall–Kier alpha value is -0.360. The number of nitrogens with one attached hydrogen (secondary N) is 5. The van der Waals surface area contributed by atoms with Crippen molar-refractivity contribution in [3.05, 3.63) is 12.3 Å². The number of hydrogen-bond acceptors (Lipinski definition) is 22. The number of hydrogen-bond donors (Lipinski definition) is 11. The molecule has 3 heterocycles. The molecule has 0 aromatic carbocycles. The molecular formula is C37H71N7Na2O18P2. The third-order valence-electron chi connectivity index (χ3n) is 9.76. The van der Waals surface area contributed by atoms with Gasteiger partial charge in [0.25, 0.3) is 15.6 Å². The van der Waals surface area contributed by atoms with Gasteiger partial charge in [0, 0.05) is 38.3 Å². The average molecular weight is 1010 g/mol. The van der Waals surface area contributed by atoms with E-state index in [1.807, 2.05) is 27.9 Å². The van der Waals surface area contributed by atoms with Gasteiger partial charge in [0.2, 0.25) is 5.91 Å². The summed E-state index contributed by atoms with van der Waals surface area (Å²) in [7, 11) is -6.21. The minimum Gasteiger partial charge on any atom is -0.756 e. The van der Waals surface area contributed by atoms with Crippen LogP contribution in [0.3, 0.4) is 0 Å². The van der Waals surface area contributed by atoms with Gasteiger partial charge in [-0.15, -0.1) is 0 Å². The molecule has 3 amide bonds. The van der Waals surface area contributed by atoms with E-state index in [9.17, 15) is 63.6 Å². The molecule has 66 heavy (non-hydrogen) atoms. The molecule has 2 fully saturated rings. The Morgan fingerprint density at radius 3 is 1.76 bits per heavy atom. The third kappa shape index (κ3) is 26.2. The van der Waals surface area contributed by atoms with Crippen molar-refractivity contribution in [2.24, 2.45) is 5.73 Å². The summed E-state index contributed by atoms with van der Waals surface area (Å²) < 4.78 is 48.6. The fraction of sp³-hybridized carbons (Fsp3) is 0.838. The monoisotopic (exact) mass is 1010 g/mol. The van der Waals surface area contributed by atoms with E-state index >= 15 is 0 Å². The van der Waals surface area contributed by atoms with Crippen molar-refractivity contribution < 1.29 is 146 Å². The Labute approximate surface area is 431 Å². The summed E-state index contributed by atoms with van der Waals surface area (Å²) in [4.78, 5) is 71.8. The van der Waals surface area contributed by atoms with Crippen LogP contribution >= 0.6 is 15.6 Å². The molecule has 29 heteroatoms. The van der Waals surface area contributed by atoms with Crippen LogP contribution in [0.15, 0.2) is 12.3 Å². The second-order valence-corrected chi connectivity index (χ2v) is 17.8. The molecule has 0 aliphatic carbocycles. The Kier molecular flexibility index (Phi) is 37.5. The van der Waals surface area contributed by atoms with Crippen LogP contribution in [0.1, 0.15) is 84.5 Å². The number of rotatable bonds is 27. The Morgan fingerprint density at radius 2 is 1.29 bits per heavy atom. The molecule has 2 saturated heterocycles. The van der Waals surface area contributed by atoms with Crippen LogP contribution in [0.5, 0.6) is 0 Å². The molecule has 12 N–H and O–H groups in total. The zero-order valence-corrected chi connectivity index (χ0v) is 45.0. The quantitative estimate of drug-likeness (QED) is 0.0207. The van der Waals surface area contributed by atoms with Gasteiger partial charge in [-0.2, -0.15) is 0 Å². The molecule has 3 aliphatic rings. The van der Waals surface area contributed by atoms with E-state index in [1.54, 1.807) is 7.05 Å². The summed E-state index contributed by atoms with van der Waals surface area (Å²) in [5.74, 6) is 0.0830. The Bertz CT molecular complexity index is 1510. The maximum atomic E-state index is 12.5. The van der Waals surface area contributed by atoms with E-state index in [0.29, 0.717) is 43.8 Å². The normalized spacial score (nSPS) is 27.5. The minimum absolute atomic E-state index is 0. The van der Waals surface area contributed by atoms with Crippen molar-refractivity contribution in [3.8, 4) is 0 Å². The van der Waals surface area contributed by atoms with Gasteiger partial charge in [-0.25, -0.2) is 9.11 Å². The maximum absolute atomic E-state index is 12.5. The van der Waals surface area contributed by atoms with Gasteiger partial charge >= 0.3 is 65.1 Å². The van der Waals surface area contributed by atoms with E-state index in [4.69, 9.17) is 15.2 Å². The second-order valence-electron chi connectivity index (χ2n) is 14.9. The maximum Gasteiger partial charge on any atom is 1.00 e. The van der Waals surface area contributed by atoms with E-state index in [1.165, 1.54) is 12.3 Å². The number of nitrogens with two attached hydrogens (primary N) is 1. The number of Topliss-reactive ketones (excluding diaryl/α,β-unsaturated/α-hetero) is 2. The number of aliphatic hydroxyl groups excluding tert-OH is 5. The van der Waals surface area contributed by atoms with Crippen molar-refractivity contribution in [1.82, 2.24) is 31.5 Å². The number of carbonyl (C=O) groups excluding carboxylic acids is 4. The van der Waals surface area contributed by atoms with Crippen LogP contribution in [-0.2, 0) is 46.3 Å². The van der Waals surface area contributed by atoms with Crippen LogP contribution in [0.25, 0.3) is 0 Å². The van der Waals surface area contributed by atoms with E-state index in [-0.39, 0.29) is 65.5 Å². The number of aliphatic hydroxyl groups is 5. The van der Waals surface area contributed by atoms with Crippen molar-refractivity contribution in [2.75, 3.05) is 54.0 Å². The first kappa shape index (κ1) is 67.7. The van der Waals surface area contributed by atoms with Gasteiger partial charge in [-0.1, -0.05) is 13.8 Å². The second kappa shape index (κ2) is 36.5. The van der Waals surface area contributed by atoms with Crippen LogP contribution in [0.4, 0.5) is 4.79 Å². The molecule has 374 valence electrons. The largest absolute Gasteiger partial charge is 1.00 e. The fourth-order valence-corrected chi connectivity index (χ4v) is 8.13. The number of phosphoric acid groups is 2. The van der Waals surface area contributed by atoms with Crippen LogP contribution in [0, 0.1) is 0 Å². The molecule has 3 aliphatic heterocycles. The predicted octanol–water partition coefficient (Wildman–Crippen LogP) is -8.72. The van der Waals surface area contributed by atoms with Gasteiger partial charge < -0.3 is 81.6 Å². The van der Waals surface area contributed by atoms with Crippen molar-refractivity contribution in [2.45, 2.75) is 146 Å². The number of ether oxygens (including phenoxy) is 2. The smallest absolute Gasteiger partial charge is 0.756 e. The number of urea groups is 1. The SMILES string of the molecule is CCC(=O)CCCCNC.CCC(=O)CCCCNC.CNCCCCC(=O)NC1[C@@H](OP(=O)([O-])OP(=O)([O-])OCC2OC(N3C=CC(N)NC3=O)C(O)C2O)OC(CO)[C@H](O)[C@@H]1O.[Na+].[Na+]. The van der Waals surface area contributed by atoms with Gasteiger partial charge in [0.1, 0.15) is 54.2 Å². The summed E-state index contributed by atoms with van der Waals surface area (Å²) in [6.07, 6.45) is -4.28. The van der Waals surface area contributed by atoms with Crippen LogP contribution in [-0.4, -0.2) is 169 Å². The number of ketones is 2.